The van der Waals surface area contributed by atoms with Gasteiger partial charge in [0.25, 0.3) is 0 Å². The van der Waals surface area contributed by atoms with E-state index in [2.05, 4.69) is 21.9 Å². The van der Waals surface area contributed by atoms with Crippen LogP contribution >= 0.6 is 11.8 Å². The van der Waals surface area contributed by atoms with Gasteiger partial charge in [0, 0.05) is 33.9 Å². The molecular formula is C15H31N3OS. The van der Waals surface area contributed by atoms with Gasteiger partial charge < -0.3 is 15.4 Å². The third-order valence-corrected chi connectivity index (χ3v) is 4.87. The van der Waals surface area contributed by atoms with Crippen molar-refractivity contribution >= 4 is 17.7 Å². The predicted octanol–water partition coefficient (Wildman–Crippen LogP) is 2.50. The number of hydrogen-bond donors (Lipinski definition) is 2. The molecule has 0 atom stereocenters. The molecule has 0 heterocycles. The quantitative estimate of drug-likeness (QED) is 0.390. The van der Waals surface area contributed by atoms with Crippen molar-refractivity contribution in [1.29, 1.82) is 0 Å². The second-order valence-corrected chi connectivity index (χ2v) is 6.63. The first kappa shape index (κ1) is 17.6. The lowest BCUT2D eigenvalue weighted by Crippen LogP contribution is -2.43. The Kier molecular flexibility index (Phi) is 9.10. The average Bonchev–Trinajstić information content (AvgIpc) is 2.94. The Balaban J connectivity index is 2.33. The van der Waals surface area contributed by atoms with Gasteiger partial charge in [-0.3, -0.25) is 4.99 Å². The number of ether oxygens (including phenoxy) is 1. The van der Waals surface area contributed by atoms with Crippen LogP contribution in [0.3, 0.4) is 0 Å². The summed E-state index contributed by atoms with van der Waals surface area (Å²) in [6.45, 7) is 2.87. The third kappa shape index (κ3) is 6.35. The van der Waals surface area contributed by atoms with E-state index in [1.54, 1.807) is 7.11 Å². The van der Waals surface area contributed by atoms with Crippen LogP contribution in [-0.2, 0) is 4.74 Å². The molecule has 0 saturated heterocycles. The number of aliphatic imine (C=N–C) groups is 1. The van der Waals surface area contributed by atoms with Crippen molar-refractivity contribution < 1.29 is 4.74 Å². The lowest BCUT2D eigenvalue weighted by atomic mass is 9.83. The molecule has 0 aromatic rings. The summed E-state index contributed by atoms with van der Waals surface area (Å²) in [5, 5.41) is 6.91. The van der Waals surface area contributed by atoms with Gasteiger partial charge in [-0.1, -0.05) is 12.8 Å². The molecule has 0 amide bonds. The smallest absolute Gasteiger partial charge is 0.190 e. The highest BCUT2D eigenvalue weighted by atomic mass is 32.2. The number of hydrogen-bond acceptors (Lipinski definition) is 3. The van der Waals surface area contributed by atoms with Gasteiger partial charge >= 0.3 is 0 Å². The topological polar surface area (TPSA) is 45.7 Å². The van der Waals surface area contributed by atoms with E-state index < -0.39 is 0 Å². The fourth-order valence-electron chi connectivity index (χ4n) is 2.87. The molecular weight excluding hydrogens is 270 g/mol. The molecule has 0 aromatic carbocycles. The molecule has 1 fully saturated rings. The zero-order valence-electron chi connectivity index (χ0n) is 13.3. The molecule has 4 nitrogen and oxygen atoms in total. The third-order valence-electron chi connectivity index (χ3n) is 4.17. The molecule has 0 unspecified atom stereocenters. The van der Waals surface area contributed by atoms with Gasteiger partial charge in [0.2, 0.25) is 0 Å². The van der Waals surface area contributed by atoms with E-state index in [0.717, 1.165) is 32.1 Å². The fourth-order valence-corrected chi connectivity index (χ4v) is 3.31. The molecule has 1 saturated carbocycles. The first-order valence-corrected chi connectivity index (χ1v) is 9.08. The molecule has 0 bridgehead atoms. The van der Waals surface area contributed by atoms with E-state index >= 15 is 0 Å². The van der Waals surface area contributed by atoms with Crippen molar-refractivity contribution in [1.82, 2.24) is 10.6 Å². The van der Waals surface area contributed by atoms with E-state index in [-0.39, 0.29) is 0 Å². The van der Waals surface area contributed by atoms with Crippen LogP contribution in [0.2, 0.25) is 0 Å². The van der Waals surface area contributed by atoms with Crippen LogP contribution < -0.4 is 10.6 Å². The molecule has 0 aliphatic heterocycles. The van der Waals surface area contributed by atoms with Crippen molar-refractivity contribution in [3.63, 3.8) is 0 Å². The maximum Gasteiger partial charge on any atom is 0.190 e. The molecule has 0 radical (unpaired) electrons. The summed E-state index contributed by atoms with van der Waals surface area (Å²) >= 11 is 1.89. The molecule has 1 rings (SSSR count). The summed E-state index contributed by atoms with van der Waals surface area (Å²) in [6.07, 6.45) is 9.80. The van der Waals surface area contributed by atoms with E-state index in [4.69, 9.17) is 4.74 Å². The SMILES string of the molecule is CN=C(NCCCSC)NCC1(CCOC)CCCC1. The lowest BCUT2D eigenvalue weighted by Gasteiger charge is -2.29. The van der Waals surface area contributed by atoms with E-state index in [1.165, 1.54) is 37.9 Å². The van der Waals surface area contributed by atoms with Crippen molar-refractivity contribution in [3.05, 3.63) is 0 Å². The first-order valence-electron chi connectivity index (χ1n) is 7.69. The van der Waals surface area contributed by atoms with Crippen LogP contribution in [0.1, 0.15) is 38.5 Å². The van der Waals surface area contributed by atoms with Gasteiger partial charge in [0.15, 0.2) is 5.96 Å². The monoisotopic (exact) mass is 301 g/mol. The summed E-state index contributed by atoms with van der Waals surface area (Å²) in [4.78, 5) is 4.31. The Labute approximate surface area is 128 Å². The highest BCUT2D eigenvalue weighted by Crippen LogP contribution is 2.40. The molecule has 0 spiro atoms. The van der Waals surface area contributed by atoms with Crippen LogP contribution in [0, 0.1) is 5.41 Å². The van der Waals surface area contributed by atoms with Crippen molar-refractivity contribution in [3.8, 4) is 0 Å². The second kappa shape index (κ2) is 10.3. The van der Waals surface area contributed by atoms with Gasteiger partial charge in [-0.2, -0.15) is 11.8 Å². The van der Waals surface area contributed by atoms with Crippen LogP contribution in [0.15, 0.2) is 4.99 Å². The fraction of sp³-hybridized carbons (Fsp3) is 0.933. The molecule has 1 aliphatic carbocycles. The minimum absolute atomic E-state index is 0.410. The van der Waals surface area contributed by atoms with Crippen LogP contribution in [0.4, 0.5) is 0 Å². The first-order chi connectivity index (χ1) is 9.76. The van der Waals surface area contributed by atoms with Crippen LogP contribution in [0.25, 0.3) is 0 Å². The number of thioether (sulfide) groups is 1. The van der Waals surface area contributed by atoms with E-state index in [9.17, 15) is 0 Å². The highest BCUT2D eigenvalue weighted by molar-refractivity contribution is 7.98. The Morgan fingerprint density at radius 1 is 1.30 bits per heavy atom. The zero-order valence-corrected chi connectivity index (χ0v) is 14.2. The predicted molar refractivity (Wildman–Crippen MR) is 89.8 cm³/mol. The minimum atomic E-state index is 0.410. The van der Waals surface area contributed by atoms with Crippen molar-refractivity contribution in [2.24, 2.45) is 10.4 Å². The molecule has 0 aromatic heterocycles. The average molecular weight is 302 g/mol. The Hall–Kier alpha value is -0.420. The van der Waals surface area contributed by atoms with Crippen LogP contribution in [0.5, 0.6) is 0 Å². The van der Waals surface area contributed by atoms with Crippen LogP contribution in [-0.4, -0.2) is 51.8 Å². The van der Waals surface area contributed by atoms with Gasteiger partial charge in [-0.05, 0) is 43.1 Å². The molecule has 2 N–H and O–H groups in total. The zero-order chi connectivity index (χ0) is 14.7. The summed E-state index contributed by atoms with van der Waals surface area (Å²) in [7, 11) is 3.64. The summed E-state index contributed by atoms with van der Waals surface area (Å²) < 4.78 is 5.28. The standard InChI is InChI=1S/C15H31N3OS/c1-16-14(17-10-6-12-20-3)18-13-15(9-11-19-2)7-4-5-8-15/h4-13H2,1-3H3,(H2,16,17,18). The van der Waals surface area contributed by atoms with E-state index in [1.807, 2.05) is 18.8 Å². The molecule has 1 aliphatic rings. The number of rotatable bonds is 9. The van der Waals surface area contributed by atoms with E-state index in [0.29, 0.717) is 5.41 Å². The molecule has 20 heavy (non-hydrogen) atoms. The number of methoxy groups -OCH3 is 1. The maximum absolute atomic E-state index is 5.28. The summed E-state index contributed by atoms with van der Waals surface area (Å²) in [5.41, 5.74) is 0.410. The normalized spacial score (nSPS) is 18.2. The number of guanidine groups is 1. The van der Waals surface area contributed by atoms with Gasteiger partial charge in [0.1, 0.15) is 0 Å². The largest absolute Gasteiger partial charge is 0.385 e. The minimum Gasteiger partial charge on any atom is -0.385 e. The Morgan fingerprint density at radius 3 is 2.65 bits per heavy atom. The van der Waals surface area contributed by atoms with Gasteiger partial charge in [0.05, 0.1) is 0 Å². The van der Waals surface area contributed by atoms with Crippen molar-refractivity contribution in [2.45, 2.75) is 38.5 Å². The van der Waals surface area contributed by atoms with Gasteiger partial charge in [-0.25, -0.2) is 0 Å². The lowest BCUT2D eigenvalue weighted by molar-refractivity contribution is 0.138. The Bertz CT molecular complexity index is 278. The second-order valence-electron chi connectivity index (χ2n) is 5.65. The Morgan fingerprint density at radius 2 is 2.05 bits per heavy atom. The van der Waals surface area contributed by atoms with Gasteiger partial charge in [-0.15, -0.1) is 0 Å². The number of nitrogens with zero attached hydrogens (tertiary/aromatic N) is 1. The molecule has 5 heteroatoms. The highest BCUT2D eigenvalue weighted by Gasteiger charge is 2.33. The summed E-state index contributed by atoms with van der Waals surface area (Å²) in [5.74, 6) is 2.14. The summed E-state index contributed by atoms with van der Waals surface area (Å²) in [6, 6.07) is 0. The maximum atomic E-state index is 5.28. The number of nitrogens with one attached hydrogen (secondary N) is 2. The van der Waals surface area contributed by atoms with Crippen molar-refractivity contribution in [2.75, 3.05) is 45.9 Å². The molecule has 118 valence electrons.